The lowest BCUT2D eigenvalue weighted by Gasteiger charge is -2.26. The summed E-state index contributed by atoms with van der Waals surface area (Å²) in [7, 11) is -2.83. The van der Waals surface area contributed by atoms with Crippen LogP contribution in [0.1, 0.15) is 25.7 Å². The summed E-state index contributed by atoms with van der Waals surface area (Å²) < 4.78 is 21.7. The van der Waals surface area contributed by atoms with Crippen LogP contribution in [0, 0.1) is 11.8 Å². The molecule has 0 aromatic carbocycles. The van der Waals surface area contributed by atoms with E-state index in [9.17, 15) is 13.2 Å². The highest BCUT2D eigenvalue weighted by Gasteiger charge is 2.41. The molecule has 1 heterocycles. The second-order valence-corrected chi connectivity index (χ2v) is 6.31. The molecule has 2 rings (SSSR count). The van der Waals surface area contributed by atoms with Gasteiger partial charge >= 0.3 is 0 Å². The third-order valence-corrected chi connectivity index (χ3v) is 4.89. The Hall–Kier alpha value is -0.380. The van der Waals surface area contributed by atoms with Gasteiger partial charge < -0.3 is 0 Å². The molecule has 0 atom stereocenters. The van der Waals surface area contributed by atoms with Crippen LogP contribution in [0.4, 0.5) is 0 Å². The summed E-state index contributed by atoms with van der Waals surface area (Å²) in [4.78, 5) is 11.7. The average Bonchev–Trinajstić information content (AvgIpc) is 2.50. The highest BCUT2D eigenvalue weighted by atomic mass is 32.2. The standard InChI is InChI=1S/C9H14O3S/c10-9(7-3-1-2-4-7)8-5-13(11,12)6-8/h7-8H,1-6H2. The Kier molecular flexibility index (Phi) is 2.18. The molecule has 13 heavy (non-hydrogen) atoms. The van der Waals surface area contributed by atoms with Crippen LogP contribution in [0.5, 0.6) is 0 Å². The van der Waals surface area contributed by atoms with E-state index in [1.54, 1.807) is 0 Å². The first-order chi connectivity index (χ1) is 6.08. The molecule has 2 fully saturated rings. The number of Topliss-reactive ketones (excluding diaryl/α,β-unsaturated/α-hetero) is 1. The van der Waals surface area contributed by atoms with E-state index in [1.165, 1.54) is 0 Å². The summed E-state index contributed by atoms with van der Waals surface area (Å²) in [6.45, 7) is 0. The number of carbonyl (C=O) groups excluding carboxylic acids is 1. The molecule has 0 radical (unpaired) electrons. The highest BCUT2D eigenvalue weighted by Crippen LogP contribution is 2.31. The van der Waals surface area contributed by atoms with Crippen molar-refractivity contribution < 1.29 is 13.2 Å². The second kappa shape index (κ2) is 3.08. The van der Waals surface area contributed by atoms with Gasteiger partial charge in [0, 0.05) is 11.8 Å². The van der Waals surface area contributed by atoms with Crippen molar-refractivity contribution >= 4 is 15.6 Å². The topological polar surface area (TPSA) is 51.2 Å². The summed E-state index contributed by atoms with van der Waals surface area (Å²) in [5.41, 5.74) is 0. The number of ketones is 1. The van der Waals surface area contributed by atoms with Crippen LogP contribution in [0.2, 0.25) is 0 Å². The summed E-state index contributed by atoms with van der Waals surface area (Å²) in [6, 6.07) is 0. The van der Waals surface area contributed by atoms with E-state index in [1.807, 2.05) is 0 Å². The van der Waals surface area contributed by atoms with E-state index in [0.29, 0.717) is 0 Å². The van der Waals surface area contributed by atoms with Crippen LogP contribution in [-0.2, 0) is 14.6 Å². The molecule has 0 aromatic rings. The van der Waals surface area contributed by atoms with Crippen LogP contribution >= 0.6 is 0 Å². The minimum absolute atomic E-state index is 0.113. The molecule has 1 saturated carbocycles. The molecule has 1 aliphatic carbocycles. The average molecular weight is 202 g/mol. The zero-order chi connectivity index (χ0) is 9.47. The first-order valence-electron chi connectivity index (χ1n) is 4.83. The molecule has 0 amide bonds. The van der Waals surface area contributed by atoms with Crippen molar-refractivity contribution in [1.29, 1.82) is 0 Å². The number of carbonyl (C=O) groups is 1. The van der Waals surface area contributed by atoms with Crippen molar-refractivity contribution in [1.82, 2.24) is 0 Å². The second-order valence-electron chi connectivity index (χ2n) is 4.16. The third-order valence-electron chi connectivity index (χ3n) is 3.07. The summed E-state index contributed by atoms with van der Waals surface area (Å²) in [5.74, 6) is 0.464. The lowest BCUT2D eigenvalue weighted by Crippen LogP contribution is -2.43. The van der Waals surface area contributed by atoms with Crippen LogP contribution < -0.4 is 0 Å². The lowest BCUT2D eigenvalue weighted by molar-refractivity contribution is -0.125. The van der Waals surface area contributed by atoms with Gasteiger partial charge in [0.1, 0.15) is 5.78 Å². The minimum Gasteiger partial charge on any atom is -0.299 e. The van der Waals surface area contributed by atoms with Crippen molar-refractivity contribution in [3.8, 4) is 0 Å². The van der Waals surface area contributed by atoms with Crippen LogP contribution in [-0.4, -0.2) is 25.7 Å². The Morgan fingerprint density at radius 1 is 1.00 bits per heavy atom. The molecule has 0 spiro atoms. The molecule has 0 unspecified atom stereocenters. The largest absolute Gasteiger partial charge is 0.299 e. The van der Waals surface area contributed by atoms with Gasteiger partial charge in [-0.05, 0) is 12.8 Å². The van der Waals surface area contributed by atoms with Crippen molar-refractivity contribution in [3.63, 3.8) is 0 Å². The first-order valence-corrected chi connectivity index (χ1v) is 6.65. The zero-order valence-corrected chi connectivity index (χ0v) is 8.35. The van der Waals surface area contributed by atoms with Gasteiger partial charge in [0.25, 0.3) is 0 Å². The molecule has 1 saturated heterocycles. The van der Waals surface area contributed by atoms with Gasteiger partial charge in [-0.3, -0.25) is 4.79 Å². The minimum atomic E-state index is -2.83. The van der Waals surface area contributed by atoms with E-state index >= 15 is 0 Å². The van der Waals surface area contributed by atoms with E-state index in [-0.39, 0.29) is 29.1 Å². The van der Waals surface area contributed by atoms with Crippen LogP contribution in [0.15, 0.2) is 0 Å². The Balaban J connectivity index is 1.92. The fourth-order valence-corrected chi connectivity index (χ4v) is 3.73. The first kappa shape index (κ1) is 9.19. The highest BCUT2D eigenvalue weighted by molar-refractivity contribution is 7.92. The molecule has 0 aromatic heterocycles. The molecule has 3 nitrogen and oxygen atoms in total. The predicted molar refractivity (Wildman–Crippen MR) is 49.1 cm³/mol. The Morgan fingerprint density at radius 2 is 1.54 bits per heavy atom. The smallest absolute Gasteiger partial charge is 0.151 e. The Labute approximate surface area is 78.4 Å². The Bertz CT molecular complexity index is 300. The van der Waals surface area contributed by atoms with Gasteiger partial charge in [0.15, 0.2) is 9.84 Å². The lowest BCUT2D eigenvalue weighted by atomic mass is 9.93. The van der Waals surface area contributed by atoms with Gasteiger partial charge in [-0.25, -0.2) is 8.42 Å². The monoisotopic (exact) mass is 202 g/mol. The van der Waals surface area contributed by atoms with Crippen molar-refractivity contribution in [2.24, 2.45) is 11.8 Å². The van der Waals surface area contributed by atoms with E-state index in [0.717, 1.165) is 25.7 Å². The molecule has 2 aliphatic rings. The quantitative estimate of drug-likeness (QED) is 0.665. The predicted octanol–water partition coefficient (Wildman–Crippen LogP) is 0.790. The van der Waals surface area contributed by atoms with E-state index in [4.69, 9.17) is 0 Å². The molecule has 74 valence electrons. The maximum absolute atomic E-state index is 11.7. The fourth-order valence-electron chi connectivity index (χ4n) is 2.27. The molecule has 1 aliphatic heterocycles. The SMILES string of the molecule is O=C(C1CCCC1)C1CS(=O)(=O)C1. The van der Waals surface area contributed by atoms with Gasteiger partial charge in [-0.1, -0.05) is 12.8 Å². The summed E-state index contributed by atoms with van der Waals surface area (Å²) >= 11 is 0. The third kappa shape index (κ3) is 1.77. The van der Waals surface area contributed by atoms with E-state index in [2.05, 4.69) is 0 Å². The molecule has 4 heteroatoms. The molecular formula is C9H14O3S. The van der Waals surface area contributed by atoms with Crippen LogP contribution in [0.25, 0.3) is 0 Å². The number of hydrogen-bond acceptors (Lipinski definition) is 3. The number of hydrogen-bond donors (Lipinski definition) is 0. The van der Waals surface area contributed by atoms with Crippen molar-refractivity contribution in [3.05, 3.63) is 0 Å². The maximum atomic E-state index is 11.7. The number of sulfone groups is 1. The van der Waals surface area contributed by atoms with E-state index < -0.39 is 9.84 Å². The Morgan fingerprint density at radius 3 is 2.00 bits per heavy atom. The maximum Gasteiger partial charge on any atom is 0.151 e. The van der Waals surface area contributed by atoms with Crippen molar-refractivity contribution in [2.45, 2.75) is 25.7 Å². The molecule has 0 bridgehead atoms. The van der Waals surface area contributed by atoms with Crippen molar-refractivity contribution in [2.75, 3.05) is 11.5 Å². The summed E-state index contributed by atoms with van der Waals surface area (Å²) in [5, 5.41) is 0. The fraction of sp³-hybridized carbons (Fsp3) is 0.889. The number of rotatable bonds is 2. The molecular weight excluding hydrogens is 188 g/mol. The summed E-state index contributed by atoms with van der Waals surface area (Å²) in [6.07, 6.45) is 4.23. The van der Waals surface area contributed by atoms with Crippen LogP contribution in [0.3, 0.4) is 0 Å². The van der Waals surface area contributed by atoms with Gasteiger partial charge in [0.2, 0.25) is 0 Å². The normalized spacial score (nSPS) is 28.6. The van der Waals surface area contributed by atoms with Gasteiger partial charge in [0.05, 0.1) is 11.5 Å². The van der Waals surface area contributed by atoms with Gasteiger partial charge in [-0.2, -0.15) is 0 Å². The van der Waals surface area contributed by atoms with Gasteiger partial charge in [-0.15, -0.1) is 0 Å². The molecule has 0 N–H and O–H groups in total. The zero-order valence-electron chi connectivity index (χ0n) is 7.53.